The number of thiophene rings is 1. The molecule has 13 rings (SSSR count). The smallest absolute Gasteiger partial charge is 0.333 e. The van der Waals surface area contributed by atoms with Crippen LogP contribution in [0.1, 0.15) is 89.1 Å². The highest BCUT2D eigenvalue weighted by molar-refractivity contribution is 7.99. The van der Waals surface area contributed by atoms with Crippen molar-refractivity contribution in [3.05, 3.63) is 173 Å². The van der Waals surface area contributed by atoms with Gasteiger partial charge >= 0.3 is 6.85 Å². The zero-order chi connectivity index (χ0) is 46.6. The Labute approximate surface area is 409 Å². The Morgan fingerprint density at radius 2 is 1.29 bits per heavy atom. The molecule has 68 heavy (non-hydrogen) atoms. The molecule has 0 atom stereocenters. The van der Waals surface area contributed by atoms with Gasteiger partial charge in [0.25, 0.3) is 0 Å². The third-order valence-corrected chi connectivity index (χ3v) is 17.9. The SMILES string of the molecule is Cc1cc2c3c(c1)N(c1cc4c(cc1C)C(C)(C)CCC4(C)C)c1cc4c(cc1B3N(c1ccc(C(C)(C)C)cc1-c1ccccc1)c1cc3sc5ccccc5c3cc1-2)Sc1ccccc1O4. The summed E-state index contributed by atoms with van der Waals surface area (Å²) in [5.41, 5.74) is 20.6. The Kier molecular flexibility index (Phi) is 9.04. The minimum Gasteiger partial charge on any atom is -0.455 e. The van der Waals surface area contributed by atoms with Crippen LogP contribution < -0.4 is 25.4 Å². The summed E-state index contributed by atoms with van der Waals surface area (Å²) in [7, 11) is 0. The van der Waals surface area contributed by atoms with Crippen LogP contribution in [-0.4, -0.2) is 6.85 Å². The molecule has 6 heteroatoms. The van der Waals surface area contributed by atoms with Crippen LogP contribution in [0.3, 0.4) is 0 Å². The largest absolute Gasteiger partial charge is 0.455 e. The predicted molar refractivity (Wildman–Crippen MR) is 293 cm³/mol. The molecule has 0 N–H and O–H groups in total. The molecule has 0 saturated heterocycles. The van der Waals surface area contributed by atoms with Gasteiger partial charge in [-0.1, -0.05) is 139 Å². The molecule has 0 unspecified atom stereocenters. The summed E-state index contributed by atoms with van der Waals surface area (Å²) < 4.78 is 9.55. The number of anilines is 5. The summed E-state index contributed by atoms with van der Waals surface area (Å²) in [6.07, 6.45) is 2.33. The summed E-state index contributed by atoms with van der Waals surface area (Å²) in [5.74, 6) is 1.81. The number of para-hydroxylation sites is 1. The summed E-state index contributed by atoms with van der Waals surface area (Å²) in [6.45, 7) is 21.2. The fourth-order valence-corrected chi connectivity index (χ4v) is 14.0. The third kappa shape index (κ3) is 6.25. The second kappa shape index (κ2) is 14.7. The molecule has 3 aliphatic heterocycles. The van der Waals surface area contributed by atoms with Crippen LogP contribution in [0.2, 0.25) is 0 Å². The molecular formula is C62H55BN2OS2. The monoisotopic (exact) mass is 918 g/mol. The van der Waals surface area contributed by atoms with E-state index in [9.17, 15) is 0 Å². The van der Waals surface area contributed by atoms with E-state index >= 15 is 0 Å². The van der Waals surface area contributed by atoms with Crippen LogP contribution in [0.5, 0.6) is 11.5 Å². The predicted octanol–water partition coefficient (Wildman–Crippen LogP) is 16.9. The molecule has 0 spiro atoms. The van der Waals surface area contributed by atoms with Crippen molar-refractivity contribution >= 4 is 89.5 Å². The Morgan fingerprint density at radius 3 is 2.09 bits per heavy atom. The van der Waals surface area contributed by atoms with Crippen molar-refractivity contribution < 1.29 is 4.74 Å². The fourth-order valence-electron chi connectivity index (χ4n) is 11.9. The van der Waals surface area contributed by atoms with Gasteiger partial charge in [0.2, 0.25) is 0 Å². The van der Waals surface area contributed by atoms with E-state index in [0.29, 0.717) is 0 Å². The summed E-state index contributed by atoms with van der Waals surface area (Å²) in [6, 6.07) is 55.7. The number of nitrogens with zero attached hydrogens (tertiary/aromatic N) is 2. The van der Waals surface area contributed by atoms with Crippen LogP contribution in [-0.2, 0) is 16.2 Å². The number of rotatable bonds is 3. The van der Waals surface area contributed by atoms with Gasteiger partial charge < -0.3 is 14.4 Å². The number of benzene rings is 8. The highest BCUT2D eigenvalue weighted by Gasteiger charge is 2.48. The van der Waals surface area contributed by atoms with E-state index in [2.05, 4.69) is 218 Å². The summed E-state index contributed by atoms with van der Waals surface area (Å²) >= 11 is 3.72. The van der Waals surface area contributed by atoms with Crippen LogP contribution >= 0.6 is 23.1 Å². The molecule has 1 aliphatic carbocycles. The quantitative estimate of drug-likeness (QED) is 0.164. The molecule has 9 aromatic rings. The second-order valence-corrected chi connectivity index (χ2v) is 24.3. The lowest BCUT2D eigenvalue weighted by atomic mass is 9.43. The highest BCUT2D eigenvalue weighted by atomic mass is 32.2. The van der Waals surface area contributed by atoms with Crippen molar-refractivity contribution in [3.63, 3.8) is 0 Å². The number of hydrogen-bond acceptors (Lipinski definition) is 5. The second-order valence-electron chi connectivity index (χ2n) is 22.1. The molecule has 334 valence electrons. The first-order valence-electron chi connectivity index (χ1n) is 24.3. The van der Waals surface area contributed by atoms with Crippen molar-refractivity contribution in [2.45, 2.75) is 101 Å². The van der Waals surface area contributed by atoms with Gasteiger partial charge in [0.15, 0.2) is 0 Å². The molecule has 1 aromatic heterocycles. The Bertz CT molecular complexity index is 3620. The number of hydrogen-bond donors (Lipinski definition) is 0. The van der Waals surface area contributed by atoms with Gasteiger partial charge in [-0.3, -0.25) is 0 Å². The molecule has 0 fully saturated rings. The van der Waals surface area contributed by atoms with Gasteiger partial charge in [-0.05, 0) is 153 Å². The number of ether oxygens (including phenoxy) is 1. The van der Waals surface area contributed by atoms with Gasteiger partial charge in [-0.2, -0.15) is 0 Å². The maximum atomic E-state index is 6.93. The van der Waals surface area contributed by atoms with E-state index < -0.39 is 0 Å². The molecule has 8 aromatic carbocycles. The number of aryl methyl sites for hydroxylation is 2. The van der Waals surface area contributed by atoms with E-state index in [-0.39, 0.29) is 23.1 Å². The Balaban J connectivity index is 1.17. The van der Waals surface area contributed by atoms with E-state index in [0.717, 1.165) is 33.4 Å². The van der Waals surface area contributed by atoms with E-state index in [4.69, 9.17) is 4.74 Å². The Morgan fingerprint density at radius 1 is 0.559 bits per heavy atom. The summed E-state index contributed by atoms with van der Waals surface area (Å²) in [4.78, 5) is 7.64. The van der Waals surface area contributed by atoms with Gasteiger partial charge in [0.05, 0.1) is 9.79 Å². The standard InChI is InChI=1S/C62H55BN2OS2/c1-36-27-44-42-31-43-40-19-13-15-21-55(40)67-57(43)35-50(42)65(48-24-23-39(60(3,4)5)30-41(48)38-17-11-10-12-18-38)63-47-33-58-54(66-53-20-14-16-22-56(53)68-58)34-51(47)64(52(28-36)59(44)63)49-32-46-45(29-37(49)2)61(6,7)25-26-62(46,8)9/h10-24,27-35H,25-26H2,1-9H3. The maximum absolute atomic E-state index is 6.93. The van der Waals surface area contributed by atoms with Crippen LogP contribution in [0.4, 0.5) is 28.4 Å². The molecular weight excluding hydrogens is 864 g/mol. The lowest BCUT2D eigenvalue weighted by molar-refractivity contribution is 0.332. The minimum atomic E-state index is -0.162. The molecule has 0 amide bonds. The first-order chi connectivity index (χ1) is 32.6. The molecule has 0 saturated carbocycles. The minimum absolute atomic E-state index is 0.0383. The van der Waals surface area contributed by atoms with E-state index in [1.54, 1.807) is 0 Å². The molecule has 4 heterocycles. The molecule has 3 nitrogen and oxygen atoms in total. The molecule has 0 bridgehead atoms. The lowest BCUT2D eigenvalue weighted by Gasteiger charge is -2.48. The van der Waals surface area contributed by atoms with Crippen LogP contribution in [0.25, 0.3) is 42.4 Å². The first-order valence-corrected chi connectivity index (χ1v) is 25.9. The van der Waals surface area contributed by atoms with Crippen molar-refractivity contribution in [1.82, 2.24) is 0 Å². The third-order valence-electron chi connectivity index (χ3n) is 15.7. The van der Waals surface area contributed by atoms with Gasteiger partial charge in [-0.25, -0.2) is 0 Å². The number of fused-ring (bicyclic) bond motifs is 10. The fraction of sp³-hybridized carbons (Fsp3) is 0.226. The molecule has 0 radical (unpaired) electrons. The lowest BCUT2D eigenvalue weighted by Crippen LogP contribution is -2.61. The topological polar surface area (TPSA) is 15.7 Å². The first kappa shape index (κ1) is 41.9. The highest BCUT2D eigenvalue weighted by Crippen LogP contribution is 2.56. The van der Waals surface area contributed by atoms with Crippen molar-refractivity contribution in [2.24, 2.45) is 0 Å². The maximum Gasteiger partial charge on any atom is 0.333 e. The van der Waals surface area contributed by atoms with Crippen molar-refractivity contribution in [1.29, 1.82) is 0 Å². The zero-order valence-corrected chi connectivity index (χ0v) is 42.1. The normalized spacial score (nSPS) is 16.1. The average Bonchev–Trinajstić information content (AvgIpc) is 3.69. The van der Waals surface area contributed by atoms with Crippen LogP contribution in [0.15, 0.2) is 155 Å². The van der Waals surface area contributed by atoms with Crippen molar-refractivity contribution in [2.75, 3.05) is 9.71 Å². The Hall–Kier alpha value is -6.21. The van der Waals surface area contributed by atoms with Gasteiger partial charge in [-0.15, -0.1) is 11.3 Å². The van der Waals surface area contributed by atoms with Crippen molar-refractivity contribution in [3.8, 4) is 33.8 Å². The average molecular weight is 919 g/mol. The van der Waals surface area contributed by atoms with Gasteiger partial charge in [0.1, 0.15) is 11.5 Å². The summed E-state index contributed by atoms with van der Waals surface area (Å²) in [5, 5.41) is 2.63. The zero-order valence-electron chi connectivity index (χ0n) is 40.5. The van der Waals surface area contributed by atoms with Gasteiger partial charge in [0, 0.05) is 65.8 Å². The van der Waals surface area contributed by atoms with E-state index in [1.165, 1.54) is 110 Å². The van der Waals surface area contributed by atoms with Crippen LogP contribution in [0, 0.1) is 13.8 Å². The van der Waals surface area contributed by atoms with E-state index in [1.807, 2.05) is 23.1 Å². The molecule has 4 aliphatic rings.